The van der Waals surface area contributed by atoms with Gasteiger partial charge in [0.15, 0.2) is 0 Å². The molecule has 0 spiro atoms. The van der Waals surface area contributed by atoms with Crippen LogP contribution in [-0.4, -0.2) is 34.9 Å². The lowest BCUT2D eigenvalue weighted by molar-refractivity contribution is -0.139. The molecule has 0 saturated carbocycles. The highest BCUT2D eigenvalue weighted by molar-refractivity contribution is 6.16. The molecule has 216 valence electrons. The summed E-state index contributed by atoms with van der Waals surface area (Å²) in [5.74, 6) is 1.99. The van der Waals surface area contributed by atoms with E-state index in [-0.39, 0.29) is 29.9 Å². The van der Waals surface area contributed by atoms with Gasteiger partial charge in [-0.05, 0) is 94.7 Å². The van der Waals surface area contributed by atoms with Gasteiger partial charge in [0, 0.05) is 29.4 Å². The number of carbonyl (C=O) groups is 2. The second-order valence-corrected chi connectivity index (χ2v) is 11.8. The summed E-state index contributed by atoms with van der Waals surface area (Å²) in [6.07, 6.45) is 1.71. The molecule has 2 amide bonds. The van der Waals surface area contributed by atoms with E-state index in [9.17, 15) is 9.59 Å². The van der Waals surface area contributed by atoms with Crippen molar-refractivity contribution in [1.82, 2.24) is 4.90 Å². The van der Waals surface area contributed by atoms with Gasteiger partial charge in [0.25, 0.3) is 11.8 Å². The van der Waals surface area contributed by atoms with E-state index in [0.29, 0.717) is 23.5 Å². The summed E-state index contributed by atoms with van der Waals surface area (Å²) in [6, 6.07) is 17.5. The van der Waals surface area contributed by atoms with Crippen LogP contribution < -0.4 is 10.1 Å². The zero-order valence-electron chi connectivity index (χ0n) is 26.3. The topological polar surface area (TPSA) is 58.6 Å². The molecule has 0 fully saturated rings. The van der Waals surface area contributed by atoms with Gasteiger partial charge in [0.1, 0.15) is 5.75 Å². The molecule has 0 atom stereocenters. The Morgan fingerprint density at radius 3 is 1.41 bits per heavy atom. The monoisotopic (exact) mass is 536 g/mol. The number of rotatable bonds is 8. The first-order valence-corrected chi connectivity index (χ1v) is 14.4. The molecular formula is C34H52N2O3. The summed E-state index contributed by atoms with van der Waals surface area (Å²) < 4.78 is 5.55. The highest BCUT2D eigenvalue weighted by atomic mass is 16.5. The van der Waals surface area contributed by atoms with Crippen LogP contribution in [0.1, 0.15) is 106 Å². The third kappa shape index (κ3) is 11.7. The Morgan fingerprint density at radius 1 is 0.641 bits per heavy atom. The van der Waals surface area contributed by atoms with Gasteiger partial charge in [-0.2, -0.15) is 0 Å². The number of imide groups is 1. The highest BCUT2D eigenvalue weighted by Crippen LogP contribution is 2.22. The SMILES string of the molecule is CC(C)C1=CC(=O)N(C(C)C)C1=O.CC(C)Nc1ccc(C(C)C)cc1.CC(C)Oc1ccc(C(C)C)cc1. The van der Waals surface area contributed by atoms with Crippen LogP contribution in [0, 0.1) is 5.92 Å². The van der Waals surface area contributed by atoms with Crippen molar-refractivity contribution in [3.05, 3.63) is 71.3 Å². The third-order valence-corrected chi connectivity index (χ3v) is 6.07. The number of benzene rings is 2. The van der Waals surface area contributed by atoms with Gasteiger partial charge < -0.3 is 10.1 Å². The highest BCUT2D eigenvalue weighted by Gasteiger charge is 2.33. The Kier molecular flexibility index (Phi) is 14.0. The van der Waals surface area contributed by atoms with Crippen molar-refractivity contribution in [2.75, 3.05) is 5.32 Å². The smallest absolute Gasteiger partial charge is 0.257 e. The minimum Gasteiger partial charge on any atom is -0.491 e. The first-order chi connectivity index (χ1) is 18.1. The van der Waals surface area contributed by atoms with Crippen molar-refractivity contribution in [1.29, 1.82) is 0 Å². The number of hydrogen-bond donors (Lipinski definition) is 1. The van der Waals surface area contributed by atoms with Gasteiger partial charge in [-0.3, -0.25) is 14.5 Å². The molecule has 0 aliphatic carbocycles. The van der Waals surface area contributed by atoms with Gasteiger partial charge in [-0.25, -0.2) is 0 Å². The molecule has 1 heterocycles. The molecule has 1 aliphatic rings. The molecule has 2 aromatic rings. The molecule has 0 bridgehead atoms. The molecule has 3 rings (SSSR count). The van der Waals surface area contributed by atoms with Crippen LogP contribution in [0.3, 0.4) is 0 Å². The van der Waals surface area contributed by atoms with Crippen LogP contribution in [0.25, 0.3) is 0 Å². The Balaban J connectivity index is 0.000000292. The molecule has 5 nitrogen and oxygen atoms in total. The molecule has 0 aromatic heterocycles. The fraction of sp³-hybridized carbons (Fsp3) is 0.529. The van der Waals surface area contributed by atoms with Crippen molar-refractivity contribution in [3.63, 3.8) is 0 Å². The lowest BCUT2D eigenvalue weighted by atomic mass is 10.0. The Bertz CT molecular complexity index is 989. The van der Waals surface area contributed by atoms with Crippen molar-refractivity contribution in [3.8, 4) is 5.75 Å². The van der Waals surface area contributed by atoms with E-state index >= 15 is 0 Å². The van der Waals surface area contributed by atoms with Crippen molar-refractivity contribution in [2.24, 2.45) is 5.92 Å². The molecule has 1 aliphatic heterocycles. The molecular weight excluding hydrogens is 484 g/mol. The van der Waals surface area contributed by atoms with E-state index in [0.717, 1.165) is 5.75 Å². The second-order valence-electron chi connectivity index (χ2n) is 11.8. The number of amides is 2. The lowest BCUT2D eigenvalue weighted by Gasteiger charge is -2.19. The van der Waals surface area contributed by atoms with Gasteiger partial charge in [0.2, 0.25) is 0 Å². The van der Waals surface area contributed by atoms with E-state index in [2.05, 4.69) is 83.3 Å². The molecule has 0 radical (unpaired) electrons. The maximum Gasteiger partial charge on any atom is 0.257 e. The molecule has 39 heavy (non-hydrogen) atoms. The number of carbonyl (C=O) groups excluding carboxylic acids is 2. The normalized spacial score (nSPS) is 13.2. The molecule has 5 heteroatoms. The van der Waals surface area contributed by atoms with Crippen molar-refractivity contribution in [2.45, 2.75) is 113 Å². The molecule has 2 aromatic carbocycles. The lowest BCUT2D eigenvalue weighted by Crippen LogP contribution is -2.37. The van der Waals surface area contributed by atoms with Crippen molar-refractivity contribution < 1.29 is 14.3 Å². The molecule has 1 N–H and O–H groups in total. The largest absolute Gasteiger partial charge is 0.491 e. The predicted molar refractivity (Wildman–Crippen MR) is 165 cm³/mol. The van der Waals surface area contributed by atoms with Gasteiger partial charge in [-0.1, -0.05) is 65.8 Å². The summed E-state index contributed by atoms with van der Waals surface area (Å²) >= 11 is 0. The summed E-state index contributed by atoms with van der Waals surface area (Å²) in [5, 5.41) is 3.37. The third-order valence-electron chi connectivity index (χ3n) is 6.07. The van der Waals surface area contributed by atoms with Gasteiger partial charge in [-0.15, -0.1) is 0 Å². The minimum atomic E-state index is -0.177. The fourth-order valence-electron chi connectivity index (χ4n) is 3.91. The number of nitrogens with one attached hydrogen (secondary N) is 1. The van der Waals surface area contributed by atoms with Gasteiger partial charge >= 0.3 is 0 Å². The minimum absolute atomic E-state index is 0.0486. The van der Waals surface area contributed by atoms with Crippen LogP contribution in [0.5, 0.6) is 5.75 Å². The van der Waals surface area contributed by atoms with E-state index in [4.69, 9.17) is 4.74 Å². The number of anilines is 1. The predicted octanol–water partition coefficient (Wildman–Crippen LogP) is 8.57. The summed E-state index contributed by atoms with van der Waals surface area (Å²) in [7, 11) is 0. The maximum absolute atomic E-state index is 11.6. The molecule has 0 unspecified atom stereocenters. The number of nitrogens with zero attached hydrogens (tertiary/aromatic N) is 1. The van der Waals surface area contributed by atoms with Gasteiger partial charge in [0.05, 0.1) is 6.10 Å². The fourth-order valence-corrected chi connectivity index (χ4v) is 3.91. The quantitative estimate of drug-likeness (QED) is 0.343. The van der Waals surface area contributed by atoms with Crippen LogP contribution in [-0.2, 0) is 9.59 Å². The maximum atomic E-state index is 11.6. The standard InChI is InChI=1S/C12H19N.C12H18O.C10H15NO2/c2*1-9(2)11-5-7-12(8-6-11)13-10(3)4;1-6(2)8-5-9(12)11(7(3)4)10(8)13/h5-10,13H,1-4H3;5-10H,1-4H3;5-7H,1-4H3. The van der Waals surface area contributed by atoms with E-state index in [1.54, 1.807) is 0 Å². The van der Waals surface area contributed by atoms with Crippen LogP contribution in [0.2, 0.25) is 0 Å². The van der Waals surface area contributed by atoms with E-state index in [1.807, 2.05) is 53.7 Å². The van der Waals surface area contributed by atoms with Crippen LogP contribution >= 0.6 is 0 Å². The Morgan fingerprint density at radius 2 is 1.10 bits per heavy atom. The van der Waals surface area contributed by atoms with Crippen LogP contribution in [0.15, 0.2) is 60.2 Å². The first-order valence-electron chi connectivity index (χ1n) is 14.4. The average molecular weight is 537 g/mol. The average Bonchev–Trinajstić information content (AvgIpc) is 3.14. The summed E-state index contributed by atoms with van der Waals surface area (Å²) in [6.45, 7) is 24.7. The first kappa shape index (κ1) is 33.9. The van der Waals surface area contributed by atoms with E-state index < -0.39 is 0 Å². The number of hydrogen-bond acceptors (Lipinski definition) is 4. The summed E-state index contributed by atoms with van der Waals surface area (Å²) in [5.41, 5.74) is 4.59. The number of ether oxygens (including phenoxy) is 1. The zero-order chi connectivity index (χ0) is 29.9. The second kappa shape index (κ2) is 16.1. The Labute approximate surface area is 238 Å². The van der Waals surface area contributed by atoms with E-state index in [1.165, 1.54) is 27.8 Å². The summed E-state index contributed by atoms with van der Waals surface area (Å²) in [4.78, 5) is 24.3. The van der Waals surface area contributed by atoms with Crippen molar-refractivity contribution >= 4 is 17.5 Å². The molecule has 0 saturated heterocycles. The Hall–Kier alpha value is -3.08. The zero-order valence-corrected chi connectivity index (χ0v) is 26.3. The van der Waals surface area contributed by atoms with Crippen LogP contribution in [0.4, 0.5) is 5.69 Å².